The van der Waals surface area contributed by atoms with E-state index in [1.54, 1.807) is 9.79 Å². The second kappa shape index (κ2) is 14.1. The average Bonchev–Trinajstić information content (AvgIpc) is 2.88. The third-order valence-electron chi connectivity index (χ3n) is 6.33. The van der Waals surface area contributed by atoms with E-state index in [1.807, 2.05) is 0 Å². The van der Waals surface area contributed by atoms with E-state index >= 15 is 0 Å². The summed E-state index contributed by atoms with van der Waals surface area (Å²) in [6.45, 7) is 14.8. The van der Waals surface area contributed by atoms with Crippen LogP contribution in [0.4, 0.5) is 0 Å². The Morgan fingerprint density at radius 2 is 0.943 bits per heavy atom. The number of carboxylic acids is 1. The molecule has 0 saturated heterocycles. The van der Waals surface area contributed by atoms with Crippen molar-refractivity contribution in [2.75, 3.05) is 0 Å². The van der Waals surface area contributed by atoms with Crippen LogP contribution in [0.15, 0.2) is 69.3 Å². The predicted molar refractivity (Wildman–Crippen MR) is 148 cm³/mol. The van der Waals surface area contributed by atoms with Crippen LogP contribution < -0.4 is 5.11 Å². The van der Waals surface area contributed by atoms with Gasteiger partial charge in [-0.1, -0.05) is 84.0 Å². The molecule has 3 heteroatoms. The van der Waals surface area contributed by atoms with E-state index in [4.69, 9.17) is 9.90 Å². The molecule has 0 aliphatic rings. The molecule has 0 unspecified atom stereocenters. The number of aryl methyl sites for hydroxylation is 6. The number of carboxylic acid groups (broad SMARTS) is 1. The van der Waals surface area contributed by atoms with Gasteiger partial charge in [0.05, 0.1) is 0 Å². The van der Waals surface area contributed by atoms with Crippen molar-refractivity contribution in [3.05, 3.63) is 88.0 Å². The van der Waals surface area contributed by atoms with Crippen LogP contribution in [-0.4, -0.2) is 5.97 Å². The summed E-state index contributed by atoms with van der Waals surface area (Å²) in [4.78, 5) is 13.5. The highest BCUT2D eigenvalue weighted by Crippen LogP contribution is 2.41. The van der Waals surface area contributed by atoms with Gasteiger partial charge in [0.2, 0.25) is 0 Å². The van der Waals surface area contributed by atoms with Gasteiger partial charge in [-0.3, -0.25) is 0 Å². The molecule has 0 aliphatic heterocycles. The summed E-state index contributed by atoms with van der Waals surface area (Å²) >= 11 is 0. The normalized spacial score (nSPS) is 10.7. The number of aliphatic carboxylic acids is 1. The van der Waals surface area contributed by atoms with Crippen molar-refractivity contribution < 1.29 is 9.90 Å². The van der Waals surface area contributed by atoms with Crippen molar-refractivity contribution in [3.8, 4) is 0 Å². The van der Waals surface area contributed by atoms with Crippen LogP contribution in [0, 0.1) is 0 Å². The maximum absolute atomic E-state index is 8.89. The Balaban J connectivity index is 0.00000100. The first-order chi connectivity index (χ1) is 16.8. The number of rotatable bonds is 9. The van der Waals surface area contributed by atoms with E-state index < -0.39 is 5.97 Å². The minimum atomic E-state index is -1.08. The molecule has 0 aliphatic carbocycles. The second-order valence-corrected chi connectivity index (χ2v) is 10.6. The molecule has 0 radical (unpaired) electrons. The number of carbonyl (C=O) groups is 1. The second-order valence-electron chi connectivity index (χ2n) is 8.72. The molecule has 3 aromatic carbocycles. The fourth-order valence-corrected chi connectivity index (χ4v) is 7.50. The molecule has 188 valence electrons. The van der Waals surface area contributed by atoms with Gasteiger partial charge in [-0.25, -0.2) is 0 Å². The number of benzene rings is 3. The quantitative estimate of drug-likeness (QED) is 0.306. The van der Waals surface area contributed by atoms with E-state index in [1.165, 1.54) is 38.3 Å². The lowest BCUT2D eigenvalue weighted by Crippen LogP contribution is -2.16. The van der Waals surface area contributed by atoms with E-state index in [-0.39, 0.29) is 10.9 Å². The zero-order valence-electron chi connectivity index (χ0n) is 22.7. The van der Waals surface area contributed by atoms with Crippen LogP contribution in [0.3, 0.4) is 0 Å². The van der Waals surface area contributed by atoms with Crippen molar-refractivity contribution in [2.45, 2.75) is 102 Å². The summed E-state index contributed by atoms with van der Waals surface area (Å²) in [5.41, 5.74) is 9.09. The summed E-state index contributed by atoms with van der Waals surface area (Å²) in [7, 11) is -0.0809. The number of hydrogen-bond donors (Lipinski definition) is 0. The predicted octanol–water partition coefficient (Wildman–Crippen LogP) is 6.91. The van der Waals surface area contributed by atoms with Crippen LogP contribution in [0.5, 0.6) is 0 Å². The summed E-state index contributed by atoms with van der Waals surface area (Å²) in [6, 6.07) is 21.2. The van der Waals surface area contributed by atoms with E-state index in [2.05, 4.69) is 96.1 Å². The van der Waals surface area contributed by atoms with E-state index in [0.29, 0.717) is 0 Å². The first kappa shape index (κ1) is 28.7. The largest absolute Gasteiger partial charge is 0.550 e. The maximum Gasteiger partial charge on any atom is 0.172 e. The Labute approximate surface area is 216 Å². The van der Waals surface area contributed by atoms with Crippen LogP contribution in [0.1, 0.15) is 81.8 Å². The molecular formula is C32H42O2S. The Bertz CT molecular complexity index is 984. The van der Waals surface area contributed by atoms with Crippen LogP contribution >= 0.6 is 0 Å². The van der Waals surface area contributed by atoms with Crippen molar-refractivity contribution in [1.82, 2.24) is 0 Å². The fraction of sp³-hybridized carbons (Fsp3) is 0.406. The van der Waals surface area contributed by atoms with Gasteiger partial charge in [-0.05, 0) is 68.7 Å². The van der Waals surface area contributed by atoms with Gasteiger partial charge in [0.1, 0.15) is 10.9 Å². The zero-order chi connectivity index (χ0) is 26.0. The lowest BCUT2D eigenvalue weighted by Gasteiger charge is -2.20. The molecule has 3 rings (SSSR count). The lowest BCUT2D eigenvalue weighted by molar-refractivity contribution is -0.302. The van der Waals surface area contributed by atoms with Crippen molar-refractivity contribution in [2.24, 2.45) is 0 Å². The SMILES string of the molecule is CC(=O)[O-].CCc1cc(CC)c([S+](c2ccccc2)c2c(CC)cc(CC)cc2CC)c(CC)c1. The Morgan fingerprint density at radius 3 is 1.20 bits per heavy atom. The minimum Gasteiger partial charge on any atom is -0.550 e. The molecule has 0 spiro atoms. The van der Waals surface area contributed by atoms with Gasteiger partial charge in [0, 0.05) is 28.2 Å². The average molecular weight is 491 g/mol. The fourth-order valence-electron chi connectivity index (χ4n) is 4.53. The van der Waals surface area contributed by atoms with Gasteiger partial charge in [0.25, 0.3) is 0 Å². The smallest absolute Gasteiger partial charge is 0.172 e. The van der Waals surface area contributed by atoms with Crippen LogP contribution in [0.2, 0.25) is 0 Å². The third kappa shape index (κ3) is 7.24. The standard InChI is InChI=1S/C30H39S.C2H4O2/c1-7-22-18-24(9-3)29(25(10-4)19-22)31(28-16-14-13-15-17-28)30-26(11-5)20-23(8-2)21-27(30)12-6;1-2(3)4/h13-21H,7-12H2,1-6H3;1H3,(H,3,4)/q+1;/p-1. The van der Waals surface area contributed by atoms with Crippen LogP contribution in [-0.2, 0) is 54.2 Å². The van der Waals surface area contributed by atoms with Crippen molar-refractivity contribution in [3.63, 3.8) is 0 Å². The van der Waals surface area contributed by atoms with E-state index in [9.17, 15) is 0 Å². The first-order valence-corrected chi connectivity index (χ1v) is 14.3. The topological polar surface area (TPSA) is 40.1 Å². The zero-order valence-corrected chi connectivity index (χ0v) is 23.5. The molecule has 0 N–H and O–H groups in total. The van der Waals surface area contributed by atoms with E-state index in [0.717, 1.165) is 45.4 Å². The van der Waals surface area contributed by atoms with Crippen molar-refractivity contribution >= 4 is 16.9 Å². The van der Waals surface area contributed by atoms with Crippen molar-refractivity contribution in [1.29, 1.82) is 0 Å². The Kier molecular flexibility index (Phi) is 11.6. The summed E-state index contributed by atoms with van der Waals surface area (Å²) in [6.07, 6.45) is 6.55. The molecule has 0 saturated carbocycles. The Hall–Kier alpha value is -2.52. The van der Waals surface area contributed by atoms with Crippen LogP contribution in [0.25, 0.3) is 0 Å². The summed E-state index contributed by atoms with van der Waals surface area (Å²) in [5, 5.41) is 8.89. The number of hydrogen-bond acceptors (Lipinski definition) is 2. The minimum absolute atomic E-state index is 0.0809. The highest BCUT2D eigenvalue weighted by molar-refractivity contribution is 7.97. The lowest BCUT2D eigenvalue weighted by atomic mass is 10.0. The van der Waals surface area contributed by atoms with Gasteiger partial charge < -0.3 is 9.90 Å². The molecule has 2 nitrogen and oxygen atoms in total. The molecule has 0 fully saturated rings. The highest BCUT2D eigenvalue weighted by Gasteiger charge is 2.37. The first-order valence-electron chi connectivity index (χ1n) is 13.1. The molecular weight excluding hydrogens is 448 g/mol. The van der Waals surface area contributed by atoms with Gasteiger partial charge >= 0.3 is 0 Å². The molecule has 35 heavy (non-hydrogen) atoms. The molecule has 0 amide bonds. The molecule has 0 atom stereocenters. The molecule has 0 heterocycles. The molecule has 3 aromatic rings. The highest BCUT2D eigenvalue weighted by atomic mass is 32.2. The molecule has 0 aromatic heterocycles. The monoisotopic (exact) mass is 490 g/mol. The summed E-state index contributed by atoms with van der Waals surface area (Å²) in [5.74, 6) is -1.08. The maximum atomic E-state index is 8.89. The van der Waals surface area contributed by atoms with Gasteiger partial charge in [-0.2, -0.15) is 0 Å². The Morgan fingerprint density at radius 1 is 0.629 bits per heavy atom. The number of carbonyl (C=O) groups excluding carboxylic acids is 1. The third-order valence-corrected chi connectivity index (χ3v) is 8.94. The molecule has 0 bridgehead atoms. The summed E-state index contributed by atoms with van der Waals surface area (Å²) < 4.78 is 0. The van der Waals surface area contributed by atoms with Gasteiger partial charge in [-0.15, -0.1) is 0 Å². The van der Waals surface area contributed by atoms with Gasteiger partial charge in [0.15, 0.2) is 14.7 Å².